The lowest BCUT2D eigenvalue weighted by Crippen LogP contribution is -2.58. The Morgan fingerprint density at radius 3 is 2.05 bits per heavy atom. The highest BCUT2D eigenvalue weighted by Crippen LogP contribution is 2.19. The summed E-state index contributed by atoms with van der Waals surface area (Å²) in [6.07, 6.45) is 2.60. The number of aromatic amines is 1. The van der Waals surface area contributed by atoms with Crippen LogP contribution in [0, 0.1) is 5.92 Å². The molecule has 3 aromatic rings. The maximum Gasteiger partial charge on any atom is 0.328 e. The molecular formula is C29H37N5O6. The van der Waals surface area contributed by atoms with Crippen LogP contribution in [0.4, 0.5) is 0 Å². The molecule has 0 aliphatic carbocycles. The maximum absolute atomic E-state index is 13.7. The van der Waals surface area contributed by atoms with Gasteiger partial charge in [-0.3, -0.25) is 14.4 Å². The van der Waals surface area contributed by atoms with Crippen molar-refractivity contribution in [2.75, 3.05) is 6.61 Å². The number of aromatic nitrogens is 1. The number of fused-ring (bicyclic) bond motifs is 1. The van der Waals surface area contributed by atoms with Gasteiger partial charge in [-0.05, 0) is 23.1 Å². The average molecular weight is 552 g/mol. The second-order valence-electron chi connectivity index (χ2n) is 9.87. The van der Waals surface area contributed by atoms with E-state index in [1.165, 1.54) is 0 Å². The van der Waals surface area contributed by atoms with Crippen molar-refractivity contribution in [3.63, 3.8) is 0 Å². The quantitative estimate of drug-likeness (QED) is 0.155. The molecule has 0 saturated heterocycles. The summed E-state index contributed by atoms with van der Waals surface area (Å²) in [7, 11) is 0. The number of aliphatic hydroxyl groups is 1. The Balaban J connectivity index is 1.89. The van der Waals surface area contributed by atoms with Gasteiger partial charge in [-0.15, -0.1) is 0 Å². The number of carbonyl (C=O) groups is 4. The second kappa shape index (κ2) is 14.2. The number of hydrogen-bond donors (Lipinski definition) is 7. The number of carbonyl (C=O) groups excluding carboxylic acids is 3. The van der Waals surface area contributed by atoms with Crippen molar-refractivity contribution in [2.24, 2.45) is 11.7 Å². The molecule has 1 aromatic heterocycles. The lowest BCUT2D eigenvalue weighted by Gasteiger charge is -2.26. The number of H-pyrrole nitrogens is 1. The maximum atomic E-state index is 13.7. The lowest BCUT2D eigenvalue weighted by molar-refractivity contribution is -0.143. The van der Waals surface area contributed by atoms with Crippen molar-refractivity contribution in [3.8, 4) is 0 Å². The molecule has 0 radical (unpaired) electrons. The van der Waals surface area contributed by atoms with E-state index in [9.17, 15) is 29.4 Å². The largest absolute Gasteiger partial charge is 0.480 e. The number of aliphatic carboxylic acids is 1. The number of nitrogens with one attached hydrogen (secondary N) is 4. The molecule has 3 amide bonds. The predicted octanol–water partition coefficient (Wildman–Crippen LogP) is 0.858. The first-order valence-corrected chi connectivity index (χ1v) is 13.2. The summed E-state index contributed by atoms with van der Waals surface area (Å²) in [6.45, 7) is 2.94. The van der Waals surface area contributed by atoms with Crippen molar-refractivity contribution < 1.29 is 29.4 Å². The Kier molecular flexibility index (Phi) is 10.8. The van der Waals surface area contributed by atoms with E-state index in [2.05, 4.69) is 20.9 Å². The van der Waals surface area contributed by atoms with E-state index in [0.29, 0.717) is 6.42 Å². The van der Waals surface area contributed by atoms with Gasteiger partial charge in [0.15, 0.2) is 0 Å². The minimum absolute atomic E-state index is 0.0519. The zero-order valence-corrected chi connectivity index (χ0v) is 22.6. The number of para-hydroxylation sites is 1. The molecular weight excluding hydrogens is 514 g/mol. The zero-order valence-electron chi connectivity index (χ0n) is 22.6. The van der Waals surface area contributed by atoms with E-state index < -0.39 is 54.5 Å². The summed E-state index contributed by atoms with van der Waals surface area (Å²) in [6, 6.07) is 11.8. The van der Waals surface area contributed by atoms with Gasteiger partial charge in [0.25, 0.3) is 0 Å². The van der Waals surface area contributed by atoms with Crippen LogP contribution in [0.25, 0.3) is 10.9 Å². The van der Waals surface area contributed by atoms with Crippen LogP contribution >= 0.6 is 0 Å². The topological polar surface area (TPSA) is 187 Å². The van der Waals surface area contributed by atoms with Crippen molar-refractivity contribution >= 4 is 34.6 Å². The first-order chi connectivity index (χ1) is 19.1. The number of benzene rings is 2. The highest BCUT2D eigenvalue weighted by atomic mass is 16.4. The smallest absolute Gasteiger partial charge is 0.328 e. The minimum Gasteiger partial charge on any atom is -0.480 e. The van der Waals surface area contributed by atoms with Gasteiger partial charge < -0.3 is 36.9 Å². The molecule has 40 heavy (non-hydrogen) atoms. The van der Waals surface area contributed by atoms with Crippen LogP contribution in [0.15, 0.2) is 60.8 Å². The Hall–Kier alpha value is -4.22. The first-order valence-electron chi connectivity index (χ1n) is 13.2. The Labute approximate surface area is 232 Å². The SMILES string of the molecule is CCC(C)C(N)C(=O)NC(Cc1c[nH]c2ccccc12)C(=O)NC(Cc1ccccc1)C(=O)NC(CO)C(=O)O. The van der Waals surface area contributed by atoms with Crippen molar-refractivity contribution in [3.05, 3.63) is 71.9 Å². The lowest BCUT2D eigenvalue weighted by atomic mass is 9.98. The summed E-state index contributed by atoms with van der Waals surface area (Å²) >= 11 is 0. The molecule has 0 aliphatic heterocycles. The van der Waals surface area contributed by atoms with E-state index in [1.54, 1.807) is 36.5 Å². The molecule has 3 rings (SSSR count). The molecule has 5 atom stereocenters. The third-order valence-corrected chi connectivity index (χ3v) is 7.00. The normalized spacial score (nSPS) is 14.9. The van der Waals surface area contributed by atoms with Gasteiger partial charge >= 0.3 is 5.97 Å². The fourth-order valence-corrected chi connectivity index (χ4v) is 4.30. The third kappa shape index (κ3) is 7.90. The second-order valence-corrected chi connectivity index (χ2v) is 9.87. The van der Waals surface area contributed by atoms with Gasteiger partial charge in [0.1, 0.15) is 18.1 Å². The van der Waals surface area contributed by atoms with Crippen LogP contribution in [0.1, 0.15) is 31.4 Å². The molecule has 11 nitrogen and oxygen atoms in total. The fourth-order valence-electron chi connectivity index (χ4n) is 4.30. The standard InChI is InChI=1S/C29H37N5O6/c1-3-17(2)25(30)28(38)33-23(14-19-15-31-21-12-8-7-11-20(19)21)27(37)32-22(13-18-9-5-4-6-10-18)26(36)34-24(16-35)29(39)40/h4-12,15,17,22-25,31,35H,3,13-14,16,30H2,1-2H3,(H,32,37)(H,33,38)(H,34,36)(H,39,40). The molecule has 0 bridgehead atoms. The van der Waals surface area contributed by atoms with Crippen molar-refractivity contribution in [1.29, 1.82) is 0 Å². The van der Waals surface area contributed by atoms with Crippen LogP contribution in [-0.2, 0) is 32.0 Å². The Bertz CT molecular complexity index is 1310. The van der Waals surface area contributed by atoms with Crippen LogP contribution in [0.2, 0.25) is 0 Å². The summed E-state index contributed by atoms with van der Waals surface area (Å²) in [5, 5.41) is 27.3. The van der Waals surface area contributed by atoms with Crippen LogP contribution in [-0.4, -0.2) is 69.7 Å². The number of carboxylic acid groups (broad SMARTS) is 1. The van der Waals surface area contributed by atoms with E-state index >= 15 is 0 Å². The van der Waals surface area contributed by atoms with Gasteiger partial charge in [-0.1, -0.05) is 68.8 Å². The zero-order chi connectivity index (χ0) is 29.2. The van der Waals surface area contributed by atoms with E-state index in [1.807, 2.05) is 38.1 Å². The molecule has 0 saturated carbocycles. The van der Waals surface area contributed by atoms with Crippen LogP contribution < -0.4 is 21.7 Å². The third-order valence-electron chi connectivity index (χ3n) is 7.00. The van der Waals surface area contributed by atoms with Crippen molar-refractivity contribution in [1.82, 2.24) is 20.9 Å². The van der Waals surface area contributed by atoms with Crippen molar-refractivity contribution in [2.45, 2.75) is 57.3 Å². The van der Waals surface area contributed by atoms with Crippen LogP contribution in [0.5, 0.6) is 0 Å². The number of carboxylic acids is 1. The minimum atomic E-state index is -1.54. The summed E-state index contributed by atoms with van der Waals surface area (Å²) in [5.41, 5.74) is 8.50. The van der Waals surface area contributed by atoms with E-state index in [-0.39, 0.29) is 18.8 Å². The van der Waals surface area contributed by atoms with Gasteiger partial charge in [-0.2, -0.15) is 0 Å². The molecule has 5 unspecified atom stereocenters. The van der Waals surface area contributed by atoms with Gasteiger partial charge in [0, 0.05) is 29.9 Å². The summed E-state index contributed by atoms with van der Waals surface area (Å²) < 4.78 is 0. The monoisotopic (exact) mass is 551 g/mol. The molecule has 214 valence electrons. The van der Waals surface area contributed by atoms with Crippen LogP contribution in [0.3, 0.4) is 0 Å². The highest BCUT2D eigenvalue weighted by Gasteiger charge is 2.31. The Morgan fingerprint density at radius 1 is 0.850 bits per heavy atom. The molecule has 1 heterocycles. The summed E-state index contributed by atoms with van der Waals surface area (Å²) in [5.74, 6) is -3.46. The fraction of sp³-hybridized carbons (Fsp3) is 0.379. The molecule has 11 heteroatoms. The molecule has 0 spiro atoms. The molecule has 8 N–H and O–H groups in total. The highest BCUT2D eigenvalue weighted by molar-refractivity contribution is 5.95. The van der Waals surface area contributed by atoms with Gasteiger partial charge in [0.2, 0.25) is 17.7 Å². The molecule has 2 aromatic carbocycles. The number of hydrogen-bond acceptors (Lipinski definition) is 6. The van der Waals surface area contributed by atoms with E-state index in [4.69, 9.17) is 5.73 Å². The van der Waals surface area contributed by atoms with Gasteiger partial charge in [-0.25, -0.2) is 4.79 Å². The molecule has 0 aliphatic rings. The Morgan fingerprint density at radius 2 is 1.43 bits per heavy atom. The number of amides is 3. The van der Waals surface area contributed by atoms with Gasteiger partial charge in [0.05, 0.1) is 12.6 Å². The number of aliphatic hydroxyl groups excluding tert-OH is 1. The predicted molar refractivity (Wildman–Crippen MR) is 150 cm³/mol. The number of rotatable bonds is 14. The molecule has 0 fully saturated rings. The average Bonchev–Trinajstić information content (AvgIpc) is 3.37. The first kappa shape index (κ1) is 30.3. The van der Waals surface area contributed by atoms with E-state index in [0.717, 1.165) is 22.0 Å². The number of nitrogens with two attached hydrogens (primary N) is 1. The summed E-state index contributed by atoms with van der Waals surface area (Å²) in [4.78, 5) is 54.4.